The number of pyridine rings is 1. The molecule has 1 aliphatic rings. The van der Waals surface area contributed by atoms with Crippen LogP contribution in [0.4, 0.5) is 0 Å². The Morgan fingerprint density at radius 1 is 1.30 bits per heavy atom. The van der Waals surface area contributed by atoms with Gasteiger partial charge < -0.3 is 19.2 Å². The number of rotatable bonds is 2. The van der Waals surface area contributed by atoms with E-state index in [0.717, 1.165) is 23.6 Å². The number of aryl methyl sites for hydroxylation is 3. The number of hydrogen-bond donors (Lipinski definition) is 1. The van der Waals surface area contributed by atoms with Crippen molar-refractivity contribution in [2.45, 2.75) is 33.7 Å². The van der Waals surface area contributed by atoms with Crippen molar-refractivity contribution in [3.63, 3.8) is 0 Å². The Balaban J connectivity index is 0.00000210. The van der Waals surface area contributed by atoms with E-state index in [1.807, 2.05) is 37.8 Å². The predicted molar refractivity (Wildman–Crippen MR) is 104 cm³/mol. The highest BCUT2D eigenvalue weighted by Gasteiger charge is 2.26. The van der Waals surface area contributed by atoms with E-state index in [1.54, 1.807) is 0 Å². The molecule has 1 N–H and O–H groups in total. The summed E-state index contributed by atoms with van der Waals surface area (Å²) in [5.41, 5.74) is 3.15. The highest BCUT2D eigenvalue weighted by molar-refractivity contribution is 6.07. The third kappa shape index (κ3) is 3.44. The molecule has 0 bridgehead atoms. The standard InChI is InChI=1S/C19H22N4O3.ClH/c1-10-9-23(6-5-20-10)19(24)15-8-16(14-7-11(2)25-13(14)4)21-18-17(15)12(3)22-26-18;/h7-8,10,20H,5-6,9H2,1-4H3;1H. The van der Waals surface area contributed by atoms with Gasteiger partial charge in [-0.05, 0) is 39.8 Å². The first-order valence-corrected chi connectivity index (χ1v) is 8.81. The summed E-state index contributed by atoms with van der Waals surface area (Å²) in [6.45, 7) is 9.83. The fourth-order valence-electron chi connectivity index (χ4n) is 3.57. The van der Waals surface area contributed by atoms with Crippen LogP contribution in [0.2, 0.25) is 0 Å². The summed E-state index contributed by atoms with van der Waals surface area (Å²) in [7, 11) is 0. The van der Waals surface area contributed by atoms with Crippen LogP contribution in [0.15, 0.2) is 21.1 Å². The molecule has 0 radical (unpaired) electrons. The molecule has 1 aliphatic heterocycles. The van der Waals surface area contributed by atoms with Crippen molar-refractivity contribution < 1.29 is 13.7 Å². The number of furan rings is 1. The van der Waals surface area contributed by atoms with Crippen molar-refractivity contribution in [1.82, 2.24) is 20.4 Å². The number of amides is 1. The summed E-state index contributed by atoms with van der Waals surface area (Å²) in [5, 5.41) is 8.06. The molecule has 1 fully saturated rings. The van der Waals surface area contributed by atoms with Gasteiger partial charge in [0, 0.05) is 31.2 Å². The monoisotopic (exact) mass is 390 g/mol. The Bertz CT molecular complexity index is 994. The Labute approximate surface area is 163 Å². The lowest BCUT2D eigenvalue weighted by Crippen LogP contribution is -2.51. The molecule has 27 heavy (non-hydrogen) atoms. The molecule has 1 atom stereocenters. The maximum Gasteiger partial charge on any atom is 0.259 e. The Morgan fingerprint density at radius 2 is 2.07 bits per heavy atom. The molecule has 0 spiro atoms. The minimum absolute atomic E-state index is 0. The van der Waals surface area contributed by atoms with Crippen LogP contribution in [0.25, 0.3) is 22.4 Å². The molecule has 0 saturated carbocycles. The minimum atomic E-state index is -0.0174. The van der Waals surface area contributed by atoms with Crippen LogP contribution in [-0.2, 0) is 0 Å². The Kier molecular flexibility index (Phi) is 5.26. The van der Waals surface area contributed by atoms with E-state index >= 15 is 0 Å². The first kappa shape index (κ1) is 19.4. The topological polar surface area (TPSA) is 84.4 Å². The van der Waals surface area contributed by atoms with Crippen molar-refractivity contribution in [1.29, 1.82) is 0 Å². The molecular weight excluding hydrogens is 368 g/mol. The molecular formula is C19H23ClN4O3. The molecule has 3 aromatic heterocycles. The summed E-state index contributed by atoms with van der Waals surface area (Å²) < 4.78 is 11.0. The lowest BCUT2D eigenvalue weighted by Gasteiger charge is -2.32. The fourth-order valence-corrected chi connectivity index (χ4v) is 3.57. The number of hydrogen-bond acceptors (Lipinski definition) is 6. The van der Waals surface area contributed by atoms with Crippen molar-refractivity contribution in [3.8, 4) is 11.3 Å². The lowest BCUT2D eigenvalue weighted by molar-refractivity contribution is 0.0711. The van der Waals surface area contributed by atoms with E-state index in [9.17, 15) is 4.79 Å². The van der Waals surface area contributed by atoms with E-state index in [-0.39, 0.29) is 24.4 Å². The number of halogens is 1. The van der Waals surface area contributed by atoms with Crippen molar-refractivity contribution in [3.05, 3.63) is 34.9 Å². The number of carbonyl (C=O) groups is 1. The van der Waals surface area contributed by atoms with Crippen LogP contribution < -0.4 is 5.32 Å². The van der Waals surface area contributed by atoms with Crippen LogP contribution >= 0.6 is 12.4 Å². The number of nitrogens with one attached hydrogen (secondary N) is 1. The van der Waals surface area contributed by atoms with Crippen LogP contribution in [0.5, 0.6) is 0 Å². The van der Waals surface area contributed by atoms with Crippen LogP contribution in [0.1, 0.15) is 34.5 Å². The molecule has 4 rings (SSSR count). The van der Waals surface area contributed by atoms with Gasteiger partial charge in [0.1, 0.15) is 11.5 Å². The van der Waals surface area contributed by atoms with Gasteiger partial charge in [-0.2, -0.15) is 0 Å². The van der Waals surface area contributed by atoms with Gasteiger partial charge >= 0.3 is 0 Å². The van der Waals surface area contributed by atoms with E-state index < -0.39 is 0 Å². The quantitative estimate of drug-likeness (QED) is 0.723. The van der Waals surface area contributed by atoms with Gasteiger partial charge in [-0.25, -0.2) is 4.98 Å². The number of carbonyl (C=O) groups excluding carboxylic acids is 1. The zero-order chi connectivity index (χ0) is 18.4. The predicted octanol–water partition coefficient (Wildman–Crippen LogP) is 3.26. The summed E-state index contributed by atoms with van der Waals surface area (Å²) in [5.74, 6) is 1.55. The second-order valence-corrected chi connectivity index (χ2v) is 6.94. The molecule has 1 saturated heterocycles. The third-order valence-corrected chi connectivity index (χ3v) is 4.82. The van der Waals surface area contributed by atoms with Crippen LogP contribution in [0.3, 0.4) is 0 Å². The molecule has 7 nitrogen and oxygen atoms in total. The zero-order valence-corrected chi connectivity index (χ0v) is 16.6. The van der Waals surface area contributed by atoms with Crippen molar-refractivity contribution >= 4 is 29.4 Å². The van der Waals surface area contributed by atoms with Gasteiger partial charge in [-0.15, -0.1) is 12.4 Å². The Hall–Kier alpha value is -2.38. The molecule has 144 valence electrons. The van der Waals surface area contributed by atoms with Crippen molar-refractivity contribution in [2.24, 2.45) is 0 Å². The van der Waals surface area contributed by atoms with Gasteiger partial charge in [-0.1, -0.05) is 5.16 Å². The molecule has 0 aromatic carbocycles. The Morgan fingerprint density at radius 3 is 2.74 bits per heavy atom. The molecule has 1 amide bonds. The molecule has 8 heteroatoms. The maximum absolute atomic E-state index is 13.3. The summed E-state index contributed by atoms with van der Waals surface area (Å²) in [4.78, 5) is 19.7. The van der Waals surface area contributed by atoms with E-state index in [4.69, 9.17) is 8.94 Å². The highest BCUT2D eigenvalue weighted by atomic mass is 35.5. The summed E-state index contributed by atoms with van der Waals surface area (Å²) in [6, 6.07) is 4.03. The van der Waals surface area contributed by atoms with E-state index in [1.165, 1.54) is 0 Å². The summed E-state index contributed by atoms with van der Waals surface area (Å²) >= 11 is 0. The average molecular weight is 391 g/mol. The second-order valence-electron chi connectivity index (χ2n) is 6.94. The average Bonchev–Trinajstić information content (AvgIpc) is 3.15. The van der Waals surface area contributed by atoms with Gasteiger partial charge in [-0.3, -0.25) is 4.79 Å². The van der Waals surface area contributed by atoms with E-state index in [0.29, 0.717) is 41.1 Å². The first-order valence-electron chi connectivity index (χ1n) is 8.81. The number of piperazine rings is 1. The SMILES string of the molecule is Cc1cc(-c2cc(C(=O)N3CCNC(C)C3)c3c(C)noc3n2)c(C)o1.Cl. The maximum atomic E-state index is 13.3. The van der Waals surface area contributed by atoms with Gasteiger partial charge in [0.2, 0.25) is 0 Å². The number of aromatic nitrogens is 2. The fraction of sp³-hybridized carbons (Fsp3) is 0.421. The molecule has 4 heterocycles. The van der Waals surface area contributed by atoms with Crippen LogP contribution in [-0.4, -0.2) is 46.6 Å². The van der Waals surface area contributed by atoms with Crippen LogP contribution in [0, 0.1) is 20.8 Å². The van der Waals surface area contributed by atoms with Gasteiger partial charge in [0.25, 0.3) is 11.6 Å². The first-order chi connectivity index (χ1) is 12.4. The zero-order valence-electron chi connectivity index (χ0n) is 15.8. The summed E-state index contributed by atoms with van der Waals surface area (Å²) in [6.07, 6.45) is 0. The largest absolute Gasteiger partial charge is 0.466 e. The normalized spacial score (nSPS) is 17.2. The number of fused-ring (bicyclic) bond motifs is 1. The van der Waals surface area contributed by atoms with Gasteiger partial charge in [0.15, 0.2) is 0 Å². The molecule has 0 aliphatic carbocycles. The second kappa shape index (κ2) is 7.32. The van der Waals surface area contributed by atoms with Crippen molar-refractivity contribution in [2.75, 3.05) is 19.6 Å². The molecule has 3 aromatic rings. The van der Waals surface area contributed by atoms with Gasteiger partial charge in [0.05, 0.1) is 22.3 Å². The van der Waals surface area contributed by atoms with E-state index in [2.05, 4.69) is 22.4 Å². The smallest absolute Gasteiger partial charge is 0.259 e. The number of nitrogens with zero attached hydrogens (tertiary/aromatic N) is 3. The lowest BCUT2D eigenvalue weighted by atomic mass is 10.0. The minimum Gasteiger partial charge on any atom is -0.466 e. The molecule has 1 unspecified atom stereocenters. The third-order valence-electron chi connectivity index (χ3n) is 4.82. The highest BCUT2D eigenvalue weighted by Crippen LogP contribution is 2.31.